The third kappa shape index (κ3) is 4.40. The summed E-state index contributed by atoms with van der Waals surface area (Å²) in [6.45, 7) is 0.426. The van der Waals surface area contributed by atoms with E-state index in [0.717, 1.165) is 0 Å². The zero-order valence-corrected chi connectivity index (χ0v) is 12.6. The summed E-state index contributed by atoms with van der Waals surface area (Å²) in [7, 11) is 0. The number of allylic oxidation sites excluding steroid dienone is 4. The molecule has 1 aromatic carbocycles. The number of ether oxygens (including phenoxy) is 1. The first kappa shape index (κ1) is 19.0. The molecule has 2 rings (SSSR count). The molecule has 1 aliphatic rings. The van der Waals surface area contributed by atoms with E-state index in [1.165, 1.54) is 6.92 Å². The number of halogens is 7. The van der Waals surface area contributed by atoms with Gasteiger partial charge in [-0.1, -0.05) is 0 Å². The minimum Gasteiger partial charge on any atom is -0.492 e. The van der Waals surface area contributed by atoms with Gasteiger partial charge in [-0.15, -0.1) is 0 Å². The van der Waals surface area contributed by atoms with E-state index >= 15 is 0 Å². The van der Waals surface area contributed by atoms with E-state index in [9.17, 15) is 35.5 Å². The molecule has 1 aliphatic carbocycles. The Kier molecular flexibility index (Phi) is 4.97. The Labute approximate surface area is 137 Å². The van der Waals surface area contributed by atoms with Crippen molar-refractivity contribution in [1.82, 2.24) is 0 Å². The molecule has 0 radical (unpaired) electrons. The molecule has 0 bridgehead atoms. The van der Waals surface area contributed by atoms with Gasteiger partial charge in [0.05, 0.1) is 17.1 Å². The highest BCUT2D eigenvalue weighted by molar-refractivity contribution is 5.95. The van der Waals surface area contributed by atoms with Crippen LogP contribution in [0.3, 0.4) is 0 Å². The molecule has 2 nitrogen and oxygen atoms in total. The molecular weight excluding hydrogens is 357 g/mol. The lowest BCUT2D eigenvalue weighted by molar-refractivity contribution is -0.139. The number of rotatable bonds is 3. The number of carbonyl (C=O) groups excluding carboxylic acids is 1. The van der Waals surface area contributed by atoms with Crippen LogP contribution in [-0.2, 0) is 22.3 Å². The number of ketones is 1. The van der Waals surface area contributed by atoms with E-state index in [4.69, 9.17) is 4.74 Å². The van der Waals surface area contributed by atoms with Crippen LogP contribution in [0.15, 0.2) is 41.7 Å². The summed E-state index contributed by atoms with van der Waals surface area (Å²) in [5.41, 5.74) is -3.02. The van der Waals surface area contributed by atoms with E-state index in [-0.39, 0.29) is 0 Å². The second-order valence-electron chi connectivity index (χ2n) is 5.36. The van der Waals surface area contributed by atoms with E-state index in [1.54, 1.807) is 0 Å². The molecule has 0 spiro atoms. The average molecular weight is 368 g/mol. The lowest BCUT2D eigenvalue weighted by Gasteiger charge is -2.22. The van der Waals surface area contributed by atoms with Crippen LogP contribution in [0.5, 0.6) is 0 Å². The lowest BCUT2D eigenvalue weighted by atomic mass is 9.94. The van der Waals surface area contributed by atoms with Gasteiger partial charge in [0.2, 0.25) is 0 Å². The molecule has 9 heteroatoms. The first-order valence-electron chi connectivity index (χ1n) is 6.92. The van der Waals surface area contributed by atoms with Gasteiger partial charge in [0.1, 0.15) is 18.2 Å². The first-order chi connectivity index (χ1) is 11.4. The number of carbonyl (C=O) groups is 1. The van der Waals surface area contributed by atoms with Crippen LogP contribution < -0.4 is 0 Å². The molecule has 136 valence electrons. The van der Waals surface area contributed by atoms with E-state index < -0.39 is 58.9 Å². The summed E-state index contributed by atoms with van der Waals surface area (Å²) in [6, 6.07) is 1.71. The molecule has 0 aliphatic heterocycles. The second-order valence-corrected chi connectivity index (χ2v) is 5.36. The van der Waals surface area contributed by atoms with Gasteiger partial charge >= 0.3 is 12.4 Å². The third-order valence-electron chi connectivity index (χ3n) is 3.54. The van der Waals surface area contributed by atoms with Crippen molar-refractivity contribution in [2.24, 2.45) is 5.92 Å². The molecule has 1 aromatic rings. The van der Waals surface area contributed by atoms with E-state index in [2.05, 4.69) is 0 Å². The Morgan fingerprint density at radius 1 is 1.04 bits per heavy atom. The maximum Gasteiger partial charge on any atom is 0.416 e. The Hall–Kier alpha value is -2.32. The number of alkyl halides is 6. The van der Waals surface area contributed by atoms with Crippen molar-refractivity contribution < 1.29 is 40.3 Å². The van der Waals surface area contributed by atoms with Crippen LogP contribution in [-0.4, -0.2) is 12.0 Å². The van der Waals surface area contributed by atoms with Crippen molar-refractivity contribution in [3.05, 3.63) is 58.6 Å². The fourth-order valence-corrected chi connectivity index (χ4v) is 2.19. The summed E-state index contributed by atoms with van der Waals surface area (Å²) in [5, 5.41) is 0. The van der Waals surface area contributed by atoms with Gasteiger partial charge in [-0.25, -0.2) is 4.39 Å². The lowest BCUT2D eigenvalue weighted by Crippen LogP contribution is -2.23. The molecule has 0 amide bonds. The quantitative estimate of drug-likeness (QED) is 0.706. The van der Waals surface area contributed by atoms with Gasteiger partial charge in [0.15, 0.2) is 5.78 Å². The average Bonchev–Trinajstić information content (AvgIpc) is 2.46. The van der Waals surface area contributed by atoms with Crippen molar-refractivity contribution in [3.8, 4) is 0 Å². The predicted molar refractivity (Wildman–Crippen MR) is 72.6 cm³/mol. The van der Waals surface area contributed by atoms with Crippen LogP contribution in [0.4, 0.5) is 30.7 Å². The second kappa shape index (κ2) is 6.53. The van der Waals surface area contributed by atoms with Gasteiger partial charge in [0, 0.05) is 5.56 Å². The van der Waals surface area contributed by atoms with Gasteiger partial charge < -0.3 is 4.74 Å². The van der Waals surface area contributed by atoms with E-state index in [1.807, 2.05) is 0 Å². The van der Waals surface area contributed by atoms with Crippen molar-refractivity contribution in [3.63, 3.8) is 0 Å². The summed E-state index contributed by atoms with van der Waals surface area (Å²) in [4.78, 5) is 11.6. The van der Waals surface area contributed by atoms with Crippen LogP contribution in [0.25, 0.3) is 0 Å². The van der Waals surface area contributed by atoms with Crippen molar-refractivity contribution in [1.29, 1.82) is 0 Å². The Balaban J connectivity index is 2.29. The SMILES string of the molecule is CC1C(=O)C=C(C(F)(F)F)C=C1OCc1cc(F)ccc1C(F)(F)F. The van der Waals surface area contributed by atoms with Gasteiger partial charge in [0.25, 0.3) is 0 Å². The Bertz CT molecular complexity index is 742. The zero-order valence-electron chi connectivity index (χ0n) is 12.6. The zero-order chi connectivity index (χ0) is 19.0. The summed E-state index contributed by atoms with van der Waals surface area (Å²) in [6.07, 6.45) is -8.63. The predicted octanol–water partition coefficient (Wildman–Crippen LogP) is 4.95. The van der Waals surface area contributed by atoms with Crippen LogP contribution in [0.2, 0.25) is 0 Å². The minimum absolute atomic E-state index is 0.404. The highest BCUT2D eigenvalue weighted by Crippen LogP contribution is 2.35. The highest BCUT2D eigenvalue weighted by atomic mass is 19.4. The number of benzene rings is 1. The maximum atomic E-state index is 13.2. The molecule has 0 saturated carbocycles. The van der Waals surface area contributed by atoms with Gasteiger partial charge in [-0.2, -0.15) is 26.3 Å². The number of hydrogen-bond acceptors (Lipinski definition) is 2. The fraction of sp³-hybridized carbons (Fsp3) is 0.312. The minimum atomic E-state index is -4.81. The van der Waals surface area contributed by atoms with Crippen molar-refractivity contribution in [2.45, 2.75) is 25.9 Å². The molecular formula is C16H11F7O2. The molecule has 25 heavy (non-hydrogen) atoms. The largest absolute Gasteiger partial charge is 0.492 e. The van der Waals surface area contributed by atoms with Crippen molar-refractivity contribution in [2.75, 3.05) is 0 Å². The smallest absolute Gasteiger partial charge is 0.416 e. The molecule has 0 saturated heterocycles. The topological polar surface area (TPSA) is 26.3 Å². The summed E-state index contributed by atoms with van der Waals surface area (Å²) < 4.78 is 95.1. The van der Waals surface area contributed by atoms with Gasteiger partial charge in [-0.3, -0.25) is 4.79 Å². The normalized spacial score (nSPS) is 18.7. The van der Waals surface area contributed by atoms with Crippen molar-refractivity contribution >= 4 is 5.78 Å². The van der Waals surface area contributed by atoms with Crippen LogP contribution in [0, 0.1) is 11.7 Å². The van der Waals surface area contributed by atoms with Crippen LogP contribution in [0.1, 0.15) is 18.1 Å². The summed E-state index contributed by atoms with van der Waals surface area (Å²) in [5.74, 6) is -3.37. The standard InChI is InChI=1S/C16H11F7O2/c1-8-13(24)5-10(15(18,19)20)6-14(8)25-7-9-4-11(17)2-3-12(9)16(21,22)23/h2-6,8H,7H2,1H3. The Morgan fingerprint density at radius 2 is 1.68 bits per heavy atom. The molecule has 1 unspecified atom stereocenters. The first-order valence-corrected chi connectivity index (χ1v) is 6.92. The summed E-state index contributed by atoms with van der Waals surface area (Å²) >= 11 is 0. The maximum absolute atomic E-state index is 13.2. The number of hydrogen-bond donors (Lipinski definition) is 0. The molecule has 0 aromatic heterocycles. The molecule has 0 N–H and O–H groups in total. The Morgan fingerprint density at radius 3 is 2.24 bits per heavy atom. The molecule has 1 atom stereocenters. The molecule has 0 heterocycles. The monoisotopic (exact) mass is 368 g/mol. The highest BCUT2D eigenvalue weighted by Gasteiger charge is 2.38. The molecule has 0 fully saturated rings. The third-order valence-corrected chi connectivity index (χ3v) is 3.54. The van der Waals surface area contributed by atoms with Gasteiger partial charge in [-0.05, 0) is 37.3 Å². The van der Waals surface area contributed by atoms with Crippen LogP contribution >= 0.6 is 0 Å². The fourth-order valence-electron chi connectivity index (χ4n) is 2.19. The van der Waals surface area contributed by atoms with E-state index in [0.29, 0.717) is 30.4 Å².